The van der Waals surface area contributed by atoms with Gasteiger partial charge in [0.1, 0.15) is 22.3 Å². The molecule has 0 aliphatic heterocycles. The number of benzene rings is 10. The summed E-state index contributed by atoms with van der Waals surface area (Å²) in [6.07, 6.45) is 0. The van der Waals surface area contributed by atoms with Gasteiger partial charge in [0, 0.05) is 71.2 Å². The smallest absolute Gasteiger partial charge is 0.164 e. The van der Waals surface area contributed by atoms with Crippen molar-refractivity contribution in [1.29, 1.82) is 0 Å². The first-order valence-corrected chi connectivity index (χ1v) is 23.5. The highest BCUT2D eigenvalue weighted by atomic mass is 16.3. The van der Waals surface area contributed by atoms with E-state index in [1.54, 1.807) is 0 Å². The van der Waals surface area contributed by atoms with Gasteiger partial charge in [-0.3, -0.25) is 0 Å². The molecule has 0 unspecified atom stereocenters. The summed E-state index contributed by atoms with van der Waals surface area (Å²) in [5, 5.41) is 8.89. The molecule has 0 saturated heterocycles. The maximum absolute atomic E-state index is 6.64. The Morgan fingerprint density at radius 3 is 1.34 bits per heavy atom. The summed E-state index contributed by atoms with van der Waals surface area (Å²) in [7, 11) is 0. The van der Waals surface area contributed by atoms with Gasteiger partial charge in [-0.25, -0.2) is 15.0 Å². The van der Waals surface area contributed by atoms with Gasteiger partial charge in [-0.05, 0) is 90.0 Å². The Morgan fingerprint density at radius 1 is 0.271 bits per heavy atom. The number of rotatable bonds is 6. The zero-order valence-corrected chi connectivity index (χ0v) is 37.4. The molecule has 0 aliphatic rings. The summed E-state index contributed by atoms with van der Waals surface area (Å²) in [6, 6.07) is 78.4. The number of furan rings is 2. The maximum atomic E-state index is 6.64. The van der Waals surface area contributed by atoms with Crippen LogP contribution in [0.4, 0.5) is 0 Å². The average Bonchev–Trinajstić information content (AvgIpc) is 4.18. The minimum atomic E-state index is 0.561. The highest BCUT2D eigenvalue weighted by Crippen LogP contribution is 2.43. The van der Waals surface area contributed by atoms with Crippen LogP contribution in [0, 0.1) is 0 Å². The monoisotopic (exact) mass is 895 g/mol. The van der Waals surface area contributed by atoms with Gasteiger partial charge in [0.15, 0.2) is 17.5 Å². The van der Waals surface area contributed by atoms with E-state index >= 15 is 0 Å². The number of hydrogen-bond acceptors (Lipinski definition) is 5. The molecule has 0 bridgehead atoms. The van der Waals surface area contributed by atoms with Crippen LogP contribution in [0.3, 0.4) is 0 Å². The fourth-order valence-corrected chi connectivity index (χ4v) is 10.9. The summed E-state index contributed by atoms with van der Waals surface area (Å²) >= 11 is 0. The van der Waals surface area contributed by atoms with Crippen molar-refractivity contribution in [3.8, 4) is 56.7 Å². The molecular formula is C63H37N5O2. The van der Waals surface area contributed by atoms with Crippen LogP contribution < -0.4 is 0 Å². The lowest BCUT2D eigenvalue weighted by atomic mass is 9.97. The van der Waals surface area contributed by atoms with Crippen molar-refractivity contribution in [3.63, 3.8) is 0 Å². The van der Waals surface area contributed by atoms with Crippen LogP contribution >= 0.6 is 0 Å². The zero-order valence-electron chi connectivity index (χ0n) is 37.4. The maximum Gasteiger partial charge on any atom is 0.164 e. The molecule has 5 aromatic heterocycles. The van der Waals surface area contributed by atoms with E-state index in [9.17, 15) is 0 Å². The summed E-state index contributed by atoms with van der Waals surface area (Å²) in [5.74, 6) is 1.73. The summed E-state index contributed by atoms with van der Waals surface area (Å²) in [5.41, 5.74) is 14.7. The van der Waals surface area contributed by atoms with Crippen LogP contribution in [0.25, 0.3) is 144 Å². The second-order valence-electron chi connectivity index (χ2n) is 17.9. The SMILES string of the molecule is c1ccc(-c2nc(-c3cccc(-n4c5ccccc5c5ccccc54)c3)nc(-c3cccc4oc5ccc(-c6cccc7oc8ccc(-n9c%10ccccc%10c%10ccccc%109)cc8c67)cc5c34)n2)cc1. The highest BCUT2D eigenvalue weighted by molar-refractivity contribution is 6.17. The zero-order chi connectivity index (χ0) is 45.9. The van der Waals surface area contributed by atoms with E-state index in [4.69, 9.17) is 23.8 Å². The molecule has 0 spiro atoms. The van der Waals surface area contributed by atoms with E-state index < -0.39 is 0 Å². The lowest BCUT2D eigenvalue weighted by molar-refractivity contribution is 0.669. The Labute approximate surface area is 399 Å². The average molecular weight is 896 g/mol. The van der Waals surface area contributed by atoms with E-state index in [1.807, 2.05) is 42.5 Å². The number of para-hydroxylation sites is 4. The molecule has 326 valence electrons. The van der Waals surface area contributed by atoms with E-state index in [0.29, 0.717) is 17.5 Å². The molecule has 0 aliphatic carbocycles. The van der Waals surface area contributed by atoms with Crippen molar-refractivity contribution >= 4 is 87.5 Å². The predicted molar refractivity (Wildman–Crippen MR) is 285 cm³/mol. The Balaban J connectivity index is 0.902. The summed E-state index contributed by atoms with van der Waals surface area (Å²) in [6.45, 7) is 0. The molecule has 0 radical (unpaired) electrons. The number of nitrogens with zero attached hydrogens (tertiary/aromatic N) is 5. The van der Waals surface area contributed by atoms with Crippen molar-refractivity contribution in [2.45, 2.75) is 0 Å². The van der Waals surface area contributed by atoms with E-state index in [2.05, 4.69) is 191 Å². The minimum absolute atomic E-state index is 0.561. The molecule has 10 aromatic carbocycles. The van der Waals surface area contributed by atoms with Crippen LogP contribution in [0.1, 0.15) is 0 Å². The number of hydrogen-bond donors (Lipinski definition) is 0. The van der Waals surface area contributed by atoms with Crippen molar-refractivity contribution in [2.75, 3.05) is 0 Å². The molecule has 7 nitrogen and oxygen atoms in total. The van der Waals surface area contributed by atoms with Crippen molar-refractivity contribution in [3.05, 3.63) is 224 Å². The second-order valence-corrected chi connectivity index (χ2v) is 17.9. The molecule has 5 heterocycles. The first-order chi connectivity index (χ1) is 34.7. The molecule has 70 heavy (non-hydrogen) atoms. The first-order valence-electron chi connectivity index (χ1n) is 23.5. The largest absolute Gasteiger partial charge is 0.456 e. The fourth-order valence-electron chi connectivity index (χ4n) is 10.9. The van der Waals surface area contributed by atoms with Crippen LogP contribution in [-0.4, -0.2) is 24.1 Å². The molecule has 7 heteroatoms. The van der Waals surface area contributed by atoms with Crippen LogP contribution in [0.2, 0.25) is 0 Å². The molecule has 0 N–H and O–H groups in total. The third-order valence-electron chi connectivity index (χ3n) is 14.0. The molecule has 15 aromatic rings. The second kappa shape index (κ2) is 15.0. The minimum Gasteiger partial charge on any atom is -0.456 e. The van der Waals surface area contributed by atoms with Crippen molar-refractivity contribution < 1.29 is 8.83 Å². The molecular weight excluding hydrogens is 859 g/mol. The quantitative estimate of drug-likeness (QED) is 0.166. The first kappa shape index (κ1) is 38.5. The van der Waals surface area contributed by atoms with Gasteiger partial charge in [0.2, 0.25) is 0 Å². The van der Waals surface area contributed by atoms with E-state index in [0.717, 1.165) is 94.1 Å². The molecule has 0 atom stereocenters. The van der Waals surface area contributed by atoms with Gasteiger partial charge in [0.25, 0.3) is 0 Å². The van der Waals surface area contributed by atoms with Gasteiger partial charge < -0.3 is 18.0 Å². The third-order valence-corrected chi connectivity index (χ3v) is 14.0. The van der Waals surface area contributed by atoms with Gasteiger partial charge in [0.05, 0.1) is 22.1 Å². The van der Waals surface area contributed by atoms with E-state index in [1.165, 1.54) is 32.6 Å². The lowest BCUT2D eigenvalue weighted by Gasteiger charge is -2.12. The molecule has 15 rings (SSSR count). The van der Waals surface area contributed by atoms with Gasteiger partial charge >= 0.3 is 0 Å². The Bertz CT molecular complexity index is 4510. The number of fused-ring (bicyclic) bond motifs is 12. The summed E-state index contributed by atoms with van der Waals surface area (Å²) in [4.78, 5) is 15.7. The topological polar surface area (TPSA) is 74.8 Å². The van der Waals surface area contributed by atoms with E-state index in [-0.39, 0.29) is 0 Å². The predicted octanol–water partition coefficient (Wildman–Crippen LogP) is 16.5. The lowest BCUT2D eigenvalue weighted by Crippen LogP contribution is -2.01. The molecule has 0 saturated carbocycles. The van der Waals surface area contributed by atoms with Crippen LogP contribution in [0.5, 0.6) is 0 Å². The molecule has 0 fully saturated rings. The van der Waals surface area contributed by atoms with Crippen LogP contribution in [0.15, 0.2) is 233 Å². The van der Waals surface area contributed by atoms with Crippen LogP contribution in [-0.2, 0) is 0 Å². The van der Waals surface area contributed by atoms with Crippen molar-refractivity contribution in [1.82, 2.24) is 24.1 Å². The highest BCUT2D eigenvalue weighted by Gasteiger charge is 2.22. The Morgan fingerprint density at radius 2 is 0.729 bits per heavy atom. The van der Waals surface area contributed by atoms with Gasteiger partial charge in [-0.2, -0.15) is 0 Å². The normalized spacial score (nSPS) is 12.0. The van der Waals surface area contributed by atoms with Crippen molar-refractivity contribution in [2.24, 2.45) is 0 Å². The van der Waals surface area contributed by atoms with Gasteiger partial charge in [-0.15, -0.1) is 0 Å². The third kappa shape index (κ3) is 5.79. The Kier molecular flexibility index (Phi) is 8.23. The fraction of sp³-hybridized carbons (Fsp3) is 0. The van der Waals surface area contributed by atoms with Gasteiger partial charge in [-0.1, -0.05) is 146 Å². The summed E-state index contributed by atoms with van der Waals surface area (Å²) < 4.78 is 17.9. The number of aromatic nitrogens is 5. The Hall–Kier alpha value is -9.59. The molecule has 0 amide bonds. The standard InChI is InChI=1S/C63H37N5O2/c1-2-15-38(16-3-1)61-64-62(40-17-12-18-41(35-40)67-51-25-8-4-19-44(51)45-20-5-9-26-52(45)67)66-63(65-61)48-24-14-30-58-60(48)49-36-39(31-33-55(49)69-58)43-23-13-29-57-59(43)50-37-42(32-34-56(50)70-57)68-53-27-10-6-21-46(53)47-22-7-11-28-54(47)68/h1-37H.